The molecule has 1 heterocycles. The molecule has 0 aliphatic carbocycles. The summed E-state index contributed by atoms with van der Waals surface area (Å²) in [5.74, 6) is 0.848. The molecule has 2 rings (SSSR count). The van der Waals surface area contributed by atoms with Crippen molar-refractivity contribution >= 4 is 23.5 Å². The molecule has 0 fully saturated rings. The van der Waals surface area contributed by atoms with Crippen LogP contribution in [0.15, 0.2) is 24.3 Å². The van der Waals surface area contributed by atoms with Crippen LogP contribution in [-0.4, -0.2) is 15.5 Å². The Hall–Kier alpha value is -0.960. The number of para-hydroxylation sites is 1. The molecule has 0 amide bonds. The van der Waals surface area contributed by atoms with Crippen LogP contribution in [0, 0.1) is 0 Å². The van der Waals surface area contributed by atoms with Gasteiger partial charge in [-0.2, -0.15) is 17.7 Å². The molecule has 0 aliphatic heterocycles. The van der Waals surface area contributed by atoms with Gasteiger partial charge in [0, 0.05) is 18.9 Å². The number of hydrogen-bond acceptors (Lipinski definition) is 2. The minimum atomic E-state index is 0.848. The zero-order valence-corrected chi connectivity index (χ0v) is 8.46. The summed E-state index contributed by atoms with van der Waals surface area (Å²) in [4.78, 5) is 0. The molecule has 3 heteroatoms. The van der Waals surface area contributed by atoms with Gasteiger partial charge in [0.1, 0.15) is 0 Å². The van der Waals surface area contributed by atoms with Gasteiger partial charge in [-0.05, 0) is 11.8 Å². The third kappa shape index (κ3) is 1.44. The van der Waals surface area contributed by atoms with E-state index >= 15 is 0 Å². The lowest BCUT2D eigenvalue weighted by Gasteiger charge is -1.91. The van der Waals surface area contributed by atoms with Crippen molar-refractivity contribution in [2.75, 3.05) is 5.75 Å². The van der Waals surface area contributed by atoms with Crippen molar-refractivity contribution in [2.24, 2.45) is 7.05 Å². The van der Waals surface area contributed by atoms with E-state index in [1.165, 1.54) is 10.9 Å². The molecule has 2 aromatic rings. The molecule has 68 valence electrons. The quantitative estimate of drug-likeness (QED) is 0.721. The molecule has 1 aromatic carbocycles. The average Bonchev–Trinajstić information content (AvgIpc) is 2.46. The van der Waals surface area contributed by atoms with Crippen molar-refractivity contribution in [3.8, 4) is 0 Å². The number of rotatable bonds is 2. The van der Waals surface area contributed by atoms with E-state index in [-0.39, 0.29) is 0 Å². The van der Waals surface area contributed by atoms with E-state index in [2.05, 4.69) is 29.9 Å². The summed E-state index contributed by atoms with van der Waals surface area (Å²) in [6.45, 7) is 0. The molecule has 1 aromatic heterocycles. The zero-order chi connectivity index (χ0) is 9.26. The minimum absolute atomic E-state index is 0.848. The number of thiol groups is 1. The molecule has 0 saturated carbocycles. The Morgan fingerprint density at radius 2 is 2.15 bits per heavy atom. The summed E-state index contributed by atoms with van der Waals surface area (Å²) in [6.07, 6.45) is 0.935. The minimum Gasteiger partial charge on any atom is -0.268 e. The predicted molar refractivity (Wildman–Crippen MR) is 58.3 cm³/mol. The number of aryl methyl sites for hydroxylation is 2. The molecule has 0 bridgehead atoms. The molecule has 0 spiro atoms. The molecule has 0 aliphatic rings. The van der Waals surface area contributed by atoms with E-state index in [4.69, 9.17) is 0 Å². The van der Waals surface area contributed by atoms with Crippen LogP contribution in [0.1, 0.15) is 5.69 Å². The maximum atomic E-state index is 4.45. The fourth-order valence-electron chi connectivity index (χ4n) is 1.58. The third-order valence-corrected chi connectivity index (χ3v) is 2.41. The molecular formula is C10H12N2S. The van der Waals surface area contributed by atoms with Crippen LogP contribution in [0.25, 0.3) is 10.9 Å². The second-order valence-electron chi connectivity index (χ2n) is 3.06. The van der Waals surface area contributed by atoms with Gasteiger partial charge in [-0.15, -0.1) is 0 Å². The Bertz CT molecular complexity index is 420. The predicted octanol–water partition coefficient (Wildman–Crippen LogP) is 2.05. The fourth-order valence-corrected chi connectivity index (χ4v) is 1.79. The van der Waals surface area contributed by atoms with Gasteiger partial charge in [0.15, 0.2) is 0 Å². The van der Waals surface area contributed by atoms with Gasteiger partial charge in [-0.3, -0.25) is 4.68 Å². The van der Waals surface area contributed by atoms with Crippen LogP contribution in [0.3, 0.4) is 0 Å². The first-order chi connectivity index (χ1) is 6.33. The molecule has 13 heavy (non-hydrogen) atoms. The van der Waals surface area contributed by atoms with Gasteiger partial charge in [-0.25, -0.2) is 0 Å². The van der Waals surface area contributed by atoms with E-state index in [0.29, 0.717) is 0 Å². The van der Waals surface area contributed by atoms with E-state index in [0.717, 1.165) is 17.9 Å². The largest absolute Gasteiger partial charge is 0.268 e. The van der Waals surface area contributed by atoms with Gasteiger partial charge in [0.25, 0.3) is 0 Å². The smallest absolute Gasteiger partial charge is 0.0711 e. The average molecular weight is 192 g/mol. The highest BCUT2D eigenvalue weighted by molar-refractivity contribution is 7.80. The van der Waals surface area contributed by atoms with Gasteiger partial charge >= 0.3 is 0 Å². The van der Waals surface area contributed by atoms with Crippen LogP contribution >= 0.6 is 12.6 Å². The number of nitrogens with zero attached hydrogens (tertiary/aromatic N) is 2. The topological polar surface area (TPSA) is 17.8 Å². The maximum absolute atomic E-state index is 4.45. The SMILES string of the molecule is Cn1nc(CCS)c2ccccc21. The number of aromatic nitrogens is 2. The standard InChI is InChI=1S/C10H12N2S/c1-12-10-5-3-2-4-8(10)9(11-12)6-7-13/h2-5,13H,6-7H2,1H3. The molecule has 0 saturated heterocycles. The summed E-state index contributed by atoms with van der Waals surface area (Å²) in [6, 6.07) is 8.28. The first-order valence-corrected chi connectivity index (χ1v) is 4.97. The Labute approximate surface area is 83.0 Å². The van der Waals surface area contributed by atoms with Crippen molar-refractivity contribution in [3.05, 3.63) is 30.0 Å². The van der Waals surface area contributed by atoms with Crippen LogP contribution < -0.4 is 0 Å². The van der Waals surface area contributed by atoms with Crippen LogP contribution in [-0.2, 0) is 13.5 Å². The normalized spacial score (nSPS) is 10.9. The molecule has 0 atom stereocenters. The van der Waals surface area contributed by atoms with Crippen LogP contribution in [0.4, 0.5) is 0 Å². The highest BCUT2D eigenvalue weighted by Crippen LogP contribution is 2.17. The van der Waals surface area contributed by atoms with Crippen molar-refractivity contribution < 1.29 is 0 Å². The van der Waals surface area contributed by atoms with E-state index in [1.807, 2.05) is 23.9 Å². The Balaban J connectivity index is 2.63. The van der Waals surface area contributed by atoms with Crippen LogP contribution in [0.5, 0.6) is 0 Å². The highest BCUT2D eigenvalue weighted by Gasteiger charge is 2.05. The Morgan fingerprint density at radius 1 is 1.38 bits per heavy atom. The van der Waals surface area contributed by atoms with Crippen molar-refractivity contribution in [1.82, 2.24) is 9.78 Å². The Morgan fingerprint density at radius 3 is 2.92 bits per heavy atom. The molecule has 0 unspecified atom stereocenters. The third-order valence-electron chi connectivity index (χ3n) is 2.18. The zero-order valence-electron chi connectivity index (χ0n) is 7.57. The second kappa shape index (κ2) is 3.42. The van der Waals surface area contributed by atoms with Crippen molar-refractivity contribution in [1.29, 1.82) is 0 Å². The van der Waals surface area contributed by atoms with Gasteiger partial charge in [0.2, 0.25) is 0 Å². The summed E-state index contributed by atoms with van der Waals surface area (Å²) < 4.78 is 1.92. The molecule has 0 radical (unpaired) electrons. The Kier molecular flexibility index (Phi) is 2.27. The summed E-state index contributed by atoms with van der Waals surface area (Å²) >= 11 is 4.22. The van der Waals surface area contributed by atoms with Gasteiger partial charge < -0.3 is 0 Å². The molecule has 2 nitrogen and oxygen atoms in total. The van der Waals surface area contributed by atoms with Crippen LogP contribution in [0.2, 0.25) is 0 Å². The number of hydrogen-bond donors (Lipinski definition) is 1. The fraction of sp³-hybridized carbons (Fsp3) is 0.300. The van der Waals surface area contributed by atoms with E-state index < -0.39 is 0 Å². The monoisotopic (exact) mass is 192 g/mol. The van der Waals surface area contributed by atoms with E-state index in [1.54, 1.807) is 0 Å². The first kappa shape index (κ1) is 8.63. The lowest BCUT2D eigenvalue weighted by atomic mass is 10.2. The summed E-state index contributed by atoms with van der Waals surface area (Å²) in [7, 11) is 1.98. The second-order valence-corrected chi connectivity index (χ2v) is 3.51. The highest BCUT2D eigenvalue weighted by atomic mass is 32.1. The van der Waals surface area contributed by atoms with E-state index in [9.17, 15) is 0 Å². The summed E-state index contributed by atoms with van der Waals surface area (Å²) in [5.41, 5.74) is 2.34. The number of fused-ring (bicyclic) bond motifs is 1. The molecular weight excluding hydrogens is 180 g/mol. The van der Waals surface area contributed by atoms with Crippen molar-refractivity contribution in [3.63, 3.8) is 0 Å². The summed E-state index contributed by atoms with van der Waals surface area (Å²) in [5, 5.41) is 5.70. The van der Waals surface area contributed by atoms with Gasteiger partial charge in [-0.1, -0.05) is 18.2 Å². The maximum Gasteiger partial charge on any atom is 0.0711 e. The van der Waals surface area contributed by atoms with Crippen molar-refractivity contribution in [2.45, 2.75) is 6.42 Å². The first-order valence-electron chi connectivity index (χ1n) is 4.34. The number of benzene rings is 1. The lowest BCUT2D eigenvalue weighted by Crippen LogP contribution is -1.92. The lowest BCUT2D eigenvalue weighted by molar-refractivity contribution is 0.771. The molecule has 0 N–H and O–H groups in total. The van der Waals surface area contributed by atoms with Gasteiger partial charge in [0.05, 0.1) is 11.2 Å².